The third-order valence-corrected chi connectivity index (χ3v) is 4.16. The highest BCUT2D eigenvalue weighted by Crippen LogP contribution is 2.13. The van der Waals surface area contributed by atoms with Gasteiger partial charge < -0.3 is 0 Å². The van der Waals surface area contributed by atoms with E-state index in [9.17, 15) is 0 Å². The molecule has 0 unspecified atom stereocenters. The van der Waals surface area contributed by atoms with Crippen molar-refractivity contribution < 1.29 is 0 Å². The summed E-state index contributed by atoms with van der Waals surface area (Å²) in [6.45, 7) is 4.35. The van der Waals surface area contributed by atoms with E-state index in [-0.39, 0.29) is 0 Å². The van der Waals surface area contributed by atoms with Gasteiger partial charge in [-0.15, -0.1) is 0 Å². The third-order valence-electron chi connectivity index (χ3n) is 4.16. The normalized spacial score (nSPS) is 11.3. The molecule has 21 heavy (non-hydrogen) atoms. The first-order chi connectivity index (χ1) is 10.4. The van der Waals surface area contributed by atoms with Crippen LogP contribution >= 0.6 is 0 Å². The van der Waals surface area contributed by atoms with Crippen LogP contribution in [0.1, 0.15) is 89.2 Å². The van der Waals surface area contributed by atoms with Crippen molar-refractivity contribution in [3.8, 4) is 0 Å². The highest BCUT2D eigenvalue weighted by molar-refractivity contribution is 5.49. The smallest absolute Gasteiger partial charge is 0.0260 e. The monoisotopic (exact) mass is 286 g/mol. The lowest BCUT2D eigenvalue weighted by Gasteiger charge is -2.03. The largest absolute Gasteiger partial charge is 0.0871 e. The standard InChI is InChI=1S/C21H34/c1-3-5-6-7-8-9-10-11-12-13-15-21-18-16-20(14-4-2)17-19-21/h4,14,16-19H,3,5-13,15H2,1-2H3. The van der Waals surface area contributed by atoms with E-state index < -0.39 is 0 Å². The summed E-state index contributed by atoms with van der Waals surface area (Å²) >= 11 is 0. The van der Waals surface area contributed by atoms with Crippen molar-refractivity contribution >= 4 is 6.08 Å². The lowest BCUT2D eigenvalue weighted by Crippen LogP contribution is -1.87. The van der Waals surface area contributed by atoms with Gasteiger partial charge in [0.2, 0.25) is 0 Å². The number of hydrogen-bond donors (Lipinski definition) is 0. The van der Waals surface area contributed by atoms with Crippen LogP contribution in [0.3, 0.4) is 0 Å². The molecule has 0 saturated carbocycles. The van der Waals surface area contributed by atoms with Crippen LogP contribution in [0.5, 0.6) is 0 Å². The molecular weight excluding hydrogens is 252 g/mol. The molecule has 0 radical (unpaired) electrons. The van der Waals surface area contributed by atoms with Crippen molar-refractivity contribution in [2.45, 2.75) is 84.5 Å². The van der Waals surface area contributed by atoms with Crippen LogP contribution in [0.4, 0.5) is 0 Å². The first-order valence-electron chi connectivity index (χ1n) is 9.08. The van der Waals surface area contributed by atoms with E-state index in [2.05, 4.69) is 50.3 Å². The third kappa shape index (κ3) is 9.50. The van der Waals surface area contributed by atoms with Gasteiger partial charge in [0, 0.05) is 0 Å². The summed E-state index contributed by atoms with van der Waals surface area (Å²) in [7, 11) is 0. The Morgan fingerprint density at radius 1 is 0.714 bits per heavy atom. The van der Waals surface area contributed by atoms with Crippen LogP contribution < -0.4 is 0 Å². The average molecular weight is 287 g/mol. The van der Waals surface area contributed by atoms with Gasteiger partial charge in [-0.3, -0.25) is 0 Å². The molecule has 0 heterocycles. The summed E-state index contributed by atoms with van der Waals surface area (Å²) in [6, 6.07) is 9.02. The molecule has 0 atom stereocenters. The molecule has 0 aliphatic heterocycles. The molecule has 0 N–H and O–H groups in total. The molecule has 0 amide bonds. The molecule has 0 heteroatoms. The lowest BCUT2D eigenvalue weighted by atomic mass is 10.0. The molecule has 0 aliphatic carbocycles. The second-order valence-electron chi connectivity index (χ2n) is 6.17. The number of hydrogen-bond acceptors (Lipinski definition) is 0. The topological polar surface area (TPSA) is 0 Å². The summed E-state index contributed by atoms with van der Waals surface area (Å²) in [5.41, 5.74) is 2.80. The Balaban J connectivity index is 1.96. The Hall–Kier alpha value is -1.04. The molecule has 0 saturated heterocycles. The fourth-order valence-corrected chi connectivity index (χ4v) is 2.80. The second-order valence-corrected chi connectivity index (χ2v) is 6.17. The molecule has 1 aromatic carbocycles. The fraction of sp³-hybridized carbons (Fsp3) is 0.619. The van der Waals surface area contributed by atoms with Crippen molar-refractivity contribution in [3.05, 3.63) is 41.5 Å². The van der Waals surface area contributed by atoms with Crippen LogP contribution in [-0.4, -0.2) is 0 Å². The Morgan fingerprint density at radius 2 is 1.24 bits per heavy atom. The van der Waals surface area contributed by atoms with Crippen molar-refractivity contribution in [1.82, 2.24) is 0 Å². The summed E-state index contributed by atoms with van der Waals surface area (Å²) in [5.74, 6) is 0. The van der Waals surface area contributed by atoms with Gasteiger partial charge in [0.1, 0.15) is 0 Å². The van der Waals surface area contributed by atoms with Crippen LogP contribution in [-0.2, 0) is 6.42 Å². The summed E-state index contributed by atoms with van der Waals surface area (Å²) < 4.78 is 0. The summed E-state index contributed by atoms with van der Waals surface area (Å²) in [6.07, 6.45) is 19.7. The quantitative estimate of drug-likeness (QED) is 0.357. The van der Waals surface area contributed by atoms with Gasteiger partial charge >= 0.3 is 0 Å². The number of aryl methyl sites for hydroxylation is 1. The number of unbranched alkanes of at least 4 members (excludes halogenated alkanes) is 9. The molecule has 0 fully saturated rings. The highest BCUT2D eigenvalue weighted by Gasteiger charge is 1.95. The van der Waals surface area contributed by atoms with E-state index >= 15 is 0 Å². The summed E-state index contributed by atoms with van der Waals surface area (Å²) in [4.78, 5) is 0. The molecule has 0 bridgehead atoms. The molecule has 0 aromatic heterocycles. The summed E-state index contributed by atoms with van der Waals surface area (Å²) in [5, 5.41) is 0. The van der Waals surface area contributed by atoms with Crippen LogP contribution in [0.25, 0.3) is 6.08 Å². The Labute approximate surface area is 132 Å². The van der Waals surface area contributed by atoms with Crippen LogP contribution in [0, 0.1) is 0 Å². The number of benzene rings is 1. The molecule has 118 valence electrons. The van der Waals surface area contributed by atoms with Gasteiger partial charge in [-0.1, -0.05) is 101 Å². The SMILES string of the molecule is CC=Cc1ccc(CCCCCCCCCCCC)cc1. The molecular formula is C21H34. The predicted octanol–water partition coefficient (Wildman–Crippen LogP) is 7.18. The highest BCUT2D eigenvalue weighted by atomic mass is 14.0. The van der Waals surface area contributed by atoms with E-state index in [1.54, 1.807) is 0 Å². The Morgan fingerprint density at radius 3 is 1.76 bits per heavy atom. The van der Waals surface area contributed by atoms with Gasteiger partial charge in [-0.2, -0.15) is 0 Å². The zero-order chi connectivity index (χ0) is 15.2. The maximum absolute atomic E-state index is 2.29. The zero-order valence-corrected chi connectivity index (χ0v) is 14.2. The maximum atomic E-state index is 2.29. The second kappa shape index (κ2) is 12.7. The predicted molar refractivity (Wildman–Crippen MR) is 96.7 cm³/mol. The van der Waals surface area contributed by atoms with E-state index in [0.29, 0.717) is 0 Å². The first kappa shape index (κ1) is 18.0. The van der Waals surface area contributed by atoms with E-state index in [1.807, 2.05) is 0 Å². The fourth-order valence-electron chi connectivity index (χ4n) is 2.80. The van der Waals surface area contributed by atoms with Gasteiger partial charge in [0.25, 0.3) is 0 Å². The van der Waals surface area contributed by atoms with Crippen LogP contribution in [0.2, 0.25) is 0 Å². The Kier molecular flexibility index (Phi) is 10.9. The first-order valence-corrected chi connectivity index (χ1v) is 9.08. The van der Waals surface area contributed by atoms with Crippen molar-refractivity contribution in [2.75, 3.05) is 0 Å². The molecule has 1 aromatic rings. The van der Waals surface area contributed by atoms with Gasteiger partial charge in [-0.05, 0) is 30.9 Å². The minimum atomic E-state index is 1.24. The van der Waals surface area contributed by atoms with E-state index in [4.69, 9.17) is 0 Å². The molecule has 0 spiro atoms. The van der Waals surface area contributed by atoms with Crippen molar-refractivity contribution in [3.63, 3.8) is 0 Å². The average Bonchev–Trinajstić information content (AvgIpc) is 2.51. The Bertz CT molecular complexity index is 358. The maximum Gasteiger partial charge on any atom is -0.0260 e. The molecule has 1 rings (SSSR count). The van der Waals surface area contributed by atoms with Gasteiger partial charge in [-0.25, -0.2) is 0 Å². The van der Waals surface area contributed by atoms with Gasteiger partial charge in [0.05, 0.1) is 0 Å². The van der Waals surface area contributed by atoms with Gasteiger partial charge in [0.15, 0.2) is 0 Å². The molecule has 0 nitrogen and oxygen atoms in total. The minimum absolute atomic E-state index is 1.24. The zero-order valence-electron chi connectivity index (χ0n) is 14.2. The number of rotatable bonds is 12. The minimum Gasteiger partial charge on any atom is -0.0871 e. The lowest BCUT2D eigenvalue weighted by molar-refractivity contribution is 0.556. The van der Waals surface area contributed by atoms with E-state index in [1.165, 1.54) is 81.8 Å². The van der Waals surface area contributed by atoms with Crippen LogP contribution in [0.15, 0.2) is 30.3 Å². The van der Waals surface area contributed by atoms with Crippen molar-refractivity contribution in [1.29, 1.82) is 0 Å². The molecule has 0 aliphatic rings. The van der Waals surface area contributed by atoms with Crippen molar-refractivity contribution in [2.24, 2.45) is 0 Å². The van der Waals surface area contributed by atoms with E-state index in [0.717, 1.165) is 0 Å². The number of allylic oxidation sites excluding steroid dienone is 1.